The van der Waals surface area contributed by atoms with Gasteiger partial charge < -0.3 is 4.74 Å². The number of esters is 1. The zero-order valence-electron chi connectivity index (χ0n) is 9.79. The first-order valence-corrected chi connectivity index (χ1v) is 6.68. The molecule has 0 aliphatic rings. The molecule has 2 rings (SSSR count). The summed E-state index contributed by atoms with van der Waals surface area (Å²) in [6.45, 7) is 0. The first kappa shape index (κ1) is 13.5. The third-order valence-corrected chi connectivity index (χ3v) is 3.02. The Morgan fingerprint density at radius 3 is 2.74 bits per heavy atom. The van der Waals surface area contributed by atoms with Gasteiger partial charge in [0.2, 0.25) is 4.11 Å². The molecule has 0 bridgehead atoms. The molecule has 1 heterocycles. The number of rotatable bonds is 4. The highest BCUT2D eigenvalue weighted by Crippen LogP contribution is 2.24. The molecule has 5 nitrogen and oxygen atoms in total. The molecule has 2 unspecified atom stereocenters. The van der Waals surface area contributed by atoms with Gasteiger partial charge >= 0.3 is 5.97 Å². The molecule has 0 spiro atoms. The lowest BCUT2D eigenvalue weighted by molar-refractivity contribution is -0.143. The van der Waals surface area contributed by atoms with Crippen LogP contribution >= 0.6 is 22.6 Å². The molecule has 0 radical (unpaired) electrons. The van der Waals surface area contributed by atoms with Crippen molar-refractivity contribution >= 4 is 28.6 Å². The molecule has 0 saturated heterocycles. The average Bonchev–Trinajstić information content (AvgIpc) is 2.94. The Morgan fingerprint density at radius 1 is 1.42 bits per heavy atom. The highest BCUT2D eigenvalue weighted by atomic mass is 127. The minimum Gasteiger partial charge on any atom is -0.438 e. The highest BCUT2D eigenvalue weighted by Gasteiger charge is 2.28. The average molecular weight is 367 g/mol. The van der Waals surface area contributed by atoms with E-state index in [1.54, 1.807) is 0 Å². The quantitative estimate of drug-likeness (QED) is 0.388. The topological polar surface area (TPSA) is 67.9 Å². The van der Waals surface area contributed by atoms with Crippen LogP contribution in [0.3, 0.4) is 0 Å². The van der Waals surface area contributed by atoms with Crippen LogP contribution in [0.4, 0.5) is 0 Å². The van der Waals surface area contributed by atoms with E-state index in [2.05, 4.69) is 21.1 Å². The van der Waals surface area contributed by atoms with Crippen LogP contribution in [0.2, 0.25) is 0 Å². The Bertz CT molecular complexity index is 578. The molecule has 19 heavy (non-hydrogen) atoms. The van der Waals surface area contributed by atoms with Gasteiger partial charge in [0.05, 0.1) is 0 Å². The van der Waals surface area contributed by atoms with Crippen LogP contribution in [-0.4, -0.2) is 25.3 Å². The fourth-order valence-corrected chi connectivity index (χ4v) is 1.85. The normalized spacial score (nSPS) is 13.3. The number of ether oxygens (including phenoxy) is 1. The van der Waals surface area contributed by atoms with Gasteiger partial charge in [-0.3, -0.25) is 9.89 Å². The van der Waals surface area contributed by atoms with Gasteiger partial charge in [0, 0.05) is 0 Å². The van der Waals surface area contributed by atoms with Crippen molar-refractivity contribution in [1.82, 2.24) is 15.2 Å². The minimum atomic E-state index is -0.682. The van der Waals surface area contributed by atoms with Crippen LogP contribution in [0, 0.1) is 12.3 Å². The van der Waals surface area contributed by atoms with E-state index in [-0.39, 0.29) is 0 Å². The van der Waals surface area contributed by atoms with Crippen molar-refractivity contribution in [3.63, 3.8) is 0 Å². The van der Waals surface area contributed by atoms with Crippen molar-refractivity contribution < 1.29 is 9.53 Å². The Labute approximate surface area is 123 Å². The second-order valence-corrected chi connectivity index (χ2v) is 4.75. The van der Waals surface area contributed by atoms with Crippen molar-refractivity contribution in [2.45, 2.75) is 10.0 Å². The third-order valence-electron chi connectivity index (χ3n) is 2.41. The molecule has 6 heteroatoms. The van der Waals surface area contributed by atoms with E-state index in [4.69, 9.17) is 11.2 Å². The lowest BCUT2D eigenvalue weighted by atomic mass is 9.99. The summed E-state index contributed by atoms with van der Waals surface area (Å²) in [6.07, 6.45) is 6.62. The van der Waals surface area contributed by atoms with E-state index >= 15 is 0 Å². The molecule has 96 valence electrons. The maximum atomic E-state index is 12.2. The summed E-state index contributed by atoms with van der Waals surface area (Å²) in [7, 11) is 0. The SMILES string of the molecule is C#CC(I)OC(=O)C(c1ccccc1)c1nc[nH]n1. The number of aromatic amines is 1. The maximum Gasteiger partial charge on any atom is 0.323 e. The highest BCUT2D eigenvalue weighted by molar-refractivity contribution is 14.1. The van der Waals surface area contributed by atoms with Crippen LogP contribution in [0.15, 0.2) is 36.7 Å². The fourth-order valence-electron chi connectivity index (χ4n) is 1.60. The smallest absolute Gasteiger partial charge is 0.323 e. The maximum absolute atomic E-state index is 12.2. The lowest BCUT2D eigenvalue weighted by Gasteiger charge is -2.14. The Morgan fingerprint density at radius 2 is 2.16 bits per heavy atom. The number of terminal acetylenes is 1. The number of benzene rings is 1. The van der Waals surface area contributed by atoms with E-state index < -0.39 is 16.0 Å². The molecular formula is C13H10IN3O2. The van der Waals surface area contributed by atoms with Gasteiger partial charge in [-0.1, -0.05) is 36.3 Å². The number of carbonyl (C=O) groups excluding carboxylic acids is 1. The summed E-state index contributed by atoms with van der Waals surface area (Å²) < 4.78 is 4.54. The number of H-pyrrole nitrogens is 1. The van der Waals surface area contributed by atoms with Crippen molar-refractivity contribution in [3.05, 3.63) is 48.0 Å². The molecule has 1 aromatic carbocycles. The number of nitrogens with zero attached hydrogens (tertiary/aromatic N) is 2. The summed E-state index contributed by atoms with van der Waals surface area (Å²) in [5.41, 5.74) is 0.757. The molecule has 0 fully saturated rings. The van der Waals surface area contributed by atoms with Gasteiger partial charge in [-0.25, -0.2) is 4.98 Å². The largest absolute Gasteiger partial charge is 0.438 e. The molecular weight excluding hydrogens is 357 g/mol. The fraction of sp³-hybridized carbons (Fsp3) is 0.154. The molecule has 0 aliphatic heterocycles. The summed E-state index contributed by atoms with van der Waals surface area (Å²) in [4.78, 5) is 16.2. The zero-order valence-corrected chi connectivity index (χ0v) is 11.9. The number of halogens is 1. The van der Waals surface area contributed by atoms with Gasteiger partial charge in [-0.05, 0) is 28.2 Å². The Hall–Kier alpha value is -1.88. The van der Waals surface area contributed by atoms with Crippen LogP contribution < -0.4 is 0 Å². The van der Waals surface area contributed by atoms with E-state index in [0.29, 0.717) is 5.82 Å². The third kappa shape index (κ3) is 3.32. The second kappa shape index (κ2) is 6.33. The number of aromatic nitrogens is 3. The van der Waals surface area contributed by atoms with E-state index in [1.807, 2.05) is 52.9 Å². The van der Waals surface area contributed by atoms with Gasteiger partial charge in [0.15, 0.2) is 5.82 Å². The monoisotopic (exact) mass is 367 g/mol. The standard InChI is InChI=1S/C13H10IN3O2/c1-2-10(14)19-13(18)11(12-15-8-16-17-12)9-6-4-3-5-7-9/h1,3-8,10-11H,(H,15,16,17). The molecule has 0 amide bonds. The number of alkyl halides is 1. The van der Waals surface area contributed by atoms with Crippen molar-refractivity contribution in [2.75, 3.05) is 0 Å². The van der Waals surface area contributed by atoms with Crippen LogP contribution in [0.25, 0.3) is 0 Å². The molecule has 2 aromatic rings. The lowest BCUT2D eigenvalue weighted by Crippen LogP contribution is -2.21. The molecule has 0 saturated carbocycles. The van der Waals surface area contributed by atoms with E-state index in [9.17, 15) is 4.79 Å². The first-order valence-electron chi connectivity index (χ1n) is 5.43. The van der Waals surface area contributed by atoms with Crippen LogP contribution in [0.1, 0.15) is 17.3 Å². The zero-order chi connectivity index (χ0) is 13.7. The van der Waals surface area contributed by atoms with Crippen LogP contribution in [0.5, 0.6) is 0 Å². The Kier molecular flexibility index (Phi) is 4.52. The molecule has 0 aliphatic carbocycles. The second-order valence-electron chi connectivity index (χ2n) is 3.62. The summed E-state index contributed by atoms with van der Waals surface area (Å²) in [6, 6.07) is 9.18. The molecule has 1 aromatic heterocycles. The number of carbonyl (C=O) groups is 1. The van der Waals surface area contributed by atoms with Gasteiger partial charge in [0.25, 0.3) is 0 Å². The van der Waals surface area contributed by atoms with E-state index in [0.717, 1.165) is 5.56 Å². The molecule has 1 N–H and O–H groups in total. The molecule has 2 atom stereocenters. The minimum absolute atomic E-state index is 0.358. The summed E-state index contributed by atoms with van der Waals surface area (Å²) in [5.74, 6) is 1.55. The van der Waals surface area contributed by atoms with Crippen molar-refractivity contribution in [3.8, 4) is 12.3 Å². The van der Waals surface area contributed by atoms with Crippen LogP contribution in [-0.2, 0) is 9.53 Å². The summed E-state index contributed by atoms with van der Waals surface area (Å²) >= 11 is 1.86. The predicted octanol–water partition coefficient (Wildman–Crippen LogP) is 1.87. The number of hydrogen-bond donors (Lipinski definition) is 1. The predicted molar refractivity (Wildman–Crippen MR) is 77.4 cm³/mol. The van der Waals surface area contributed by atoms with Crippen molar-refractivity contribution in [1.29, 1.82) is 0 Å². The number of hydrogen-bond acceptors (Lipinski definition) is 4. The van der Waals surface area contributed by atoms with Gasteiger partial charge in [-0.2, -0.15) is 5.10 Å². The number of nitrogens with one attached hydrogen (secondary N) is 1. The van der Waals surface area contributed by atoms with Crippen molar-refractivity contribution in [2.24, 2.45) is 0 Å². The van der Waals surface area contributed by atoms with Gasteiger partial charge in [-0.15, -0.1) is 6.42 Å². The van der Waals surface area contributed by atoms with E-state index in [1.165, 1.54) is 6.33 Å². The Balaban J connectivity index is 2.31. The summed E-state index contributed by atoms with van der Waals surface area (Å²) in [5, 5.41) is 6.55. The first-order chi connectivity index (χ1) is 9.22. The van der Waals surface area contributed by atoms with Gasteiger partial charge in [0.1, 0.15) is 12.2 Å².